The molecular weight excluding hydrogens is 132 g/mol. The van der Waals surface area contributed by atoms with E-state index in [9.17, 15) is 4.91 Å². The predicted molar refractivity (Wildman–Crippen MR) is 33.7 cm³/mol. The monoisotopic (exact) mass is 139 g/mol. The Labute approximate surface area is 57.7 Å². The highest BCUT2D eigenvalue weighted by atomic mass is 16.5. The molecule has 0 aromatic rings. The number of ether oxygens (including phenoxy) is 1. The van der Waals surface area contributed by atoms with Crippen LogP contribution >= 0.6 is 0 Å². The lowest BCUT2D eigenvalue weighted by Crippen LogP contribution is -2.28. The molecular formula is C6H7N2O2+. The van der Waals surface area contributed by atoms with Gasteiger partial charge in [-0.3, -0.25) is 0 Å². The molecule has 10 heavy (non-hydrogen) atoms. The number of rotatable bonds is 0. The summed E-state index contributed by atoms with van der Waals surface area (Å²) in [6.45, 7) is 0.974. The molecule has 0 fully saturated rings. The molecule has 52 valence electrons. The van der Waals surface area contributed by atoms with Gasteiger partial charge in [0.25, 0.3) is 6.54 Å². The van der Waals surface area contributed by atoms with Gasteiger partial charge in [-0.1, -0.05) is 0 Å². The van der Waals surface area contributed by atoms with E-state index in [-0.39, 0.29) is 0 Å². The second-order valence-corrected chi connectivity index (χ2v) is 2.29. The van der Waals surface area contributed by atoms with Crippen LogP contribution in [0.5, 0.6) is 0 Å². The van der Waals surface area contributed by atoms with Crippen molar-refractivity contribution in [1.29, 1.82) is 0 Å². The zero-order valence-corrected chi connectivity index (χ0v) is 5.33. The summed E-state index contributed by atoms with van der Waals surface area (Å²) in [5, 5.41) is 0. The molecule has 0 amide bonds. The molecule has 0 aromatic heterocycles. The van der Waals surface area contributed by atoms with Crippen molar-refractivity contribution in [3.63, 3.8) is 0 Å². The zero-order valence-electron chi connectivity index (χ0n) is 5.33. The molecule has 0 radical (unpaired) electrons. The standard InChI is InChI=1S/C6H7N2O2/c9-8-2-6-4-10-3-5(6)1-7-8/h1,4H,2-3H2,(H,7,9)/q+1. The summed E-state index contributed by atoms with van der Waals surface area (Å²) < 4.78 is 5.00. The second kappa shape index (κ2) is 1.83. The minimum atomic E-state index is 0.381. The first-order valence-electron chi connectivity index (χ1n) is 3.07. The van der Waals surface area contributed by atoms with E-state index in [1.807, 2.05) is 0 Å². The fraction of sp³-hybridized carbons (Fsp3) is 0.333. The van der Waals surface area contributed by atoms with Crippen LogP contribution < -0.4 is 5.43 Å². The molecule has 2 rings (SSSR count). The van der Waals surface area contributed by atoms with Crippen LogP contribution in [0.15, 0.2) is 23.6 Å². The zero-order chi connectivity index (χ0) is 6.97. The molecule has 1 N–H and O–H groups in total. The van der Waals surface area contributed by atoms with Gasteiger partial charge in [-0.05, 0) is 0 Å². The van der Waals surface area contributed by atoms with Gasteiger partial charge in [-0.25, -0.2) is 0 Å². The molecule has 0 aromatic carbocycles. The number of fused-ring (bicyclic) bond motifs is 1. The fourth-order valence-corrected chi connectivity index (χ4v) is 1.02. The molecule has 0 atom stereocenters. The fourth-order valence-electron chi connectivity index (χ4n) is 1.02. The van der Waals surface area contributed by atoms with Gasteiger partial charge in [-0.2, -0.15) is 0 Å². The molecule has 0 spiro atoms. The van der Waals surface area contributed by atoms with Gasteiger partial charge in [0.2, 0.25) is 0 Å². The first-order chi connectivity index (χ1) is 4.86. The van der Waals surface area contributed by atoms with Crippen molar-refractivity contribution in [2.24, 2.45) is 0 Å². The summed E-state index contributed by atoms with van der Waals surface area (Å²) in [4.78, 5) is 11.4. The largest absolute Gasteiger partial charge is 0.496 e. The summed E-state index contributed by atoms with van der Waals surface area (Å²) in [5.74, 6) is 0. The summed E-state index contributed by atoms with van der Waals surface area (Å²) in [6, 6.07) is 0. The van der Waals surface area contributed by atoms with Gasteiger partial charge in [0.15, 0.2) is 0 Å². The second-order valence-electron chi connectivity index (χ2n) is 2.29. The molecule has 4 heteroatoms. The van der Waals surface area contributed by atoms with Crippen molar-refractivity contribution in [3.05, 3.63) is 28.5 Å². The number of hydrogen-bond donors (Lipinski definition) is 1. The Bertz CT molecular complexity index is 242. The van der Waals surface area contributed by atoms with E-state index < -0.39 is 0 Å². The lowest BCUT2D eigenvalue weighted by Gasteiger charge is -2.02. The first kappa shape index (κ1) is 5.46. The van der Waals surface area contributed by atoms with Crippen LogP contribution in [0.25, 0.3) is 0 Å². The van der Waals surface area contributed by atoms with Crippen molar-refractivity contribution in [3.8, 4) is 0 Å². The lowest BCUT2D eigenvalue weighted by molar-refractivity contribution is -0.592. The van der Waals surface area contributed by atoms with E-state index >= 15 is 0 Å². The van der Waals surface area contributed by atoms with Gasteiger partial charge < -0.3 is 4.74 Å². The van der Waals surface area contributed by atoms with Gasteiger partial charge >= 0.3 is 0 Å². The average Bonchev–Trinajstić information content (AvgIpc) is 2.33. The molecule has 0 aliphatic carbocycles. The van der Waals surface area contributed by atoms with Gasteiger partial charge in [-0.15, -0.1) is 5.43 Å². The Kier molecular flexibility index (Phi) is 1.00. The van der Waals surface area contributed by atoms with E-state index in [2.05, 4.69) is 5.43 Å². The van der Waals surface area contributed by atoms with Gasteiger partial charge in [0, 0.05) is 5.57 Å². The van der Waals surface area contributed by atoms with Crippen molar-refractivity contribution in [2.45, 2.75) is 0 Å². The van der Waals surface area contributed by atoms with Crippen molar-refractivity contribution >= 4 is 0 Å². The number of hydrogen-bond acceptors (Lipinski definition) is 2. The number of hydrazine groups is 1. The third-order valence-electron chi connectivity index (χ3n) is 1.57. The Morgan fingerprint density at radius 3 is 3.40 bits per heavy atom. The van der Waals surface area contributed by atoms with Crippen molar-refractivity contribution in [1.82, 2.24) is 5.43 Å². The Hall–Kier alpha value is -1.32. The molecule has 0 bridgehead atoms. The number of nitroso groups, excluding NO2 is 1. The SMILES string of the molecule is O=[N+]1CC2=COCC2=CN1. The Morgan fingerprint density at radius 1 is 1.60 bits per heavy atom. The van der Waals surface area contributed by atoms with Crippen LogP contribution in [0.4, 0.5) is 0 Å². The average molecular weight is 139 g/mol. The maximum atomic E-state index is 10.7. The summed E-state index contributed by atoms with van der Waals surface area (Å²) in [7, 11) is 0. The van der Waals surface area contributed by atoms with Crippen molar-refractivity contribution < 1.29 is 9.61 Å². The highest BCUT2D eigenvalue weighted by Crippen LogP contribution is 2.18. The lowest BCUT2D eigenvalue weighted by atomic mass is 10.1. The summed E-state index contributed by atoms with van der Waals surface area (Å²) in [6.07, 6.45) is 3.31. The van der Waals surface area contributed by atoms with Crippen LogP contribution in [-0.4, -0.2) is 18.0 Å². The predicted octanol–water partition coefficient (Wildman–Crippen LogP) is 0.0815. The van der Waals surface area contributed by atoms with Gasteiger partial charge in [0.1, 0.15) is 11.5 Å². The van der Waals surface area contributed by atoms with E-state index in [1.54, 1.807) is 12.5 Å². The third kappa shape index (κ3) is 0.689. The highest BCUT2D eigenvalue weighted by Gasteiger charge is 2.25. The smallest absolute Gasteiger partial charge is 0.254 e. The van der Waals surface area contributed by atoms with Gasteiger partial charge in [0.05, 0.1) is 22.9 Å². The van der Waals surface area contributed by atoms with Crippen LogP contribution in [0.3, 0.4) is 0 Å². The molecule has 2 aliphatic rings. The Morgan fingerprint density at radius 2 is 2.50 bits per heavy atom. The highest BCUT2D eigenvalue weighted by molar-refractivity contribution is 5.34. The van der Waals surface area contributed by atoms with Crippen LogP contribution in [-0.2, 0) is 4.74 Å². The minimum Gasteiger partial charge on any atom is -0.496 e. The maximum absolute atomic E-state index is 10.7. The maximum Gasteiger partial charge on any atom is 0.254 e. The minimum absolute atomic E-state index is 0.381. The van der Waals surface area contributed by atoms with E-state index in [1.165, 1.54) is 0 Å². The van der Waals surface area contributed by atoms with Crippen LogP contribution in [0.2, 0.25) is 0 Å². The molecule has 0 unspecified atom stereocenters. The normalized spacial score (nSPS) is 22.2. The van der Waals surface area contributed by atoms with E-state index in [0.717, 1.165) is 16.0 Å². The summed E-state index contributed by atoms with van der Waals surface area (Å²) >= 11 is 0. The molecule has 4 nitrogen and oxygen atoms in total. The molecule has 2 heterocycles. The first-order valence-corrected chi connectivity index (χ1v) is 3.07. The van der Waals surface area contributed by atoms with Crippen LogP contribution in [0.1, 0.15) is 0 Å². The summed E-state index contributed by atoms with van der Waals surface area (Å²) in [5.41, 5.74) is 4.60. The van der Waals surface area contributed by atoms with E-state index in [4.69, 9.17) is 4.74 Å². The number of nitrogens with one attached hydrogen (secondary N) is 1. The quantitative estimate of drug-likeness (QED) is 0.483. The van der Waals surface area contributed by atoms with E-state index in [0.29, 0.717) is 13.2 Å². The molecule has 0 saturated carbocycles. The van der Waals surface area contributed by atoms with Crippen LogP contribution in [0, 0.1) is 4.91 Å². The van der Waals surface area contributed by atoms with Crippen molar-refractivity contribution in [2.75, 3.05) is 13.2 Å². The molecule has 0 saturated heterocycles. The Balaban J connectivity index is 2.33. The molecule has 2 aliphatic heterocycles. The topological polar surface area (TPSA) is 41.3 Å². The third-order valence-corrected chi connectivity index (χ3v) is 1.57. The number of nitrogens with zero attached hydrogens (tertiary/aromatic N) is 1.